The number of hydrogen-bond acceptors (Lipinski definition) is 3. The monoisotopic (exact) mass is 319 g/mol. The molecule has 1 aromatic rings. The molecular weight excluding hydrogens is 308 g/mol. The summed E-state index contributed by atoms with van der Waals surface area (Å²) in [5, 5.41) is 3.00. The third kappa shape index (κ3) is 2.80. The van der Waals surface area contributed by atoms with Gasteiger partial charge in [0.05, 0.1) is 13.0 Å². The zero-order valence-electron chi connectivity index (χ0n) is 9.67. The van der Waals surface area contributed by atoms with E-state index in [1.807, 2.05) is 25.1 Å². The zero-order valence-corrected chi connectivity index (χ0v) is 11.3. The Morgan fingerprint density at radius 2 is 2.28 bits per heavy atom. The Bertz CT molecular complexity index is 479. The Morgan fingerprint density at radius 1 is 1.56 bits per heavy atom. The Hall–Kier alpha value is -1.17. The number of nitrogens with one attached hydrogen (secondary N) is 1. The summed E-state index contributed by atoms with van der Waals surface area (Å²) < 4.78 is 31.3. The minimum atomic E-state index is -3.35. The molecule has 6 heteroatoms. The summed E-state index contributed by atoms with van der Waals surface area (Å²) in [4.78, 5) is 10.8. The maximum absolute atomic E-state index is 12.9. The lowest BCUT2D eigenvalue weighted by Crippen LogP contribution is -2.22. The first-order valence-electron chi connectivity index (χ1n) is 5.47. The average Bonchev–Trinajstić information content (AvgIpc) is 2.54. The van der Waals surface area contributed by atoms with Gasteiger partial charge in [0.15, 0.2) is 0 Å². The quantitative estimate of drug-likeness (QED) is 0.870. The van der Waals surface area contributed by atoms with Gasteiger partial charge in [0.25, 0.3) is 0 Å². The van der Waals surface area contributed by atoms with Gasteiger partial charge in [-0.15, -0.1) is 0 Å². The number of rotatable bonds is 3. The number of ether oxygens (including phenoxy) is 1. The number of benzene rings is 1. The summed E-state index contributed by atoms with van der Waals surface area (Å²) in [7, 11) is 0. The minimum absolute atomic E-state index is 0.170. The van der Waals surface area contributed by atoms with E-state index < -0.39 is 24.4 Å². The van der Waals surface area contributed by atoms with E-state index in [2.05, 4.69) is 26.0 Å². The number of cyclic esters (lactones) is 1. The molecule has 1 aliphatic rings. The number of anilines is 1. The molecule has 1 aromatic carbocycles. The molecule has 0 bridgehead atoms. The molecule has 1 saturated heterocycles. The second-order valence-electron chi connectivity index (χ2n) is 4.30. The van der Waals surface area contributed by atoms with Crippen molar-refractivity contribution in [3.63, 3.8) is 0 Å². The van der Waals surface area contributed by atoms with E-state index >= 15 is 0 Å². The number of esters is 1. The molecule has 0 radical (unpaired) electrons. The number of alkyl halides is 2. The second kappa shape index (κ2) is 4.84. The van der Waals surface area contributed by atoms with Gasteiger partial charge in [-0.2, -0.15) is 8.78 Å². The molecular formula is C12H12BrF2NO2. The minimum Gasteiger partial charge on any atom is -0.456 e. The lowest BCUT2D eigenvalue weighted by Gasteiger charge is -2.13. The van der Waals surface area contributed by atoms with Crippen LogP contribution < -0.4 is 5.32 Å². The first-order chi connectivity index (χ1) is 8.38. The van der Waals surface area contributed by atoms with Crippen LogP contribution in [-0.2, 0) is 9.53 Å². The fraction of sp³-hybridized carbons (Fsp3) is 0.417. The van der Waals surface area contributed by atoms with Crippen molar-refractivity contribution in [2.24, 2.45) is 0 Å². The average molecular weight is 320 g/mol. The molecule has 1 unspecified atom stereocenters. The molecule has 0 aliphatic carbocycles. The summed E-state index contributed by atoms with van der Waals surface area (Å²) in [5.41, 5.74) is 1.84. The number of halogens is 3. The molecule has 98 valence electrons. The van der Waals surface area contributed by atoms with E-state index in [0.717, 1.165) is 15.7 Å². The van der Waals surface area contributed by atoms with E-state index in [1.54, 1.807) is 0 Å². The third-order valence-electron chi connectivity index (χ3n) is 2.70. The fourth-order valence-corrected chi connectivity index (χ4v) is 2.15. The van der Waals surface area contributed by atoms with Crippen molar-refractivity contribution >= 4 is 27.6 Å². The van der Waals surface area contributed by atoms with Crippen LogP contribution in [0.1, 0.15) is 12.0 Å². The smallest absolute Gasteiger partial charge is 0.377 e. The van der Waals surface area contributed by atoms with E-state index in [4.69, 9.17) is 0 Å². The number of carbonyl (C=O) groups excluding carboxylic acids is 1. The van der Waals surface area contributed by atoms with Crippen LogP contribution in [0.4, 0.5) is 14.5 Å². The first kappa shape index (κ1) is 13.3. The summed E-state index contributed by atoms with van der Waals surface area (Å²) in [6, 6.07) is 5.69. The molecule has 0 aromatic heterocycles. The first-order valence-corrected chi connectivity index (χ1v) is 6.27. The van der Waals surface area contributed by atoms with Gasteiger partial charge in [-0.1, -0.05) is 6.07 Å². The molecule has 1 fully saturated rings. The Balaban J connectivity index is 1.97. The number of carbonyl (C=O) groups is 1. The van der Waals surface area contributed by atoms with Crippen molar-refractivity contribution in [1.29, 1.82) is 0 Å². The van der Waals surface area contributed by atoms with Crippen LogP contribution in [0, 0.1) is 6.92 Å². The van der Waals surface area contributed by atoms with Crippen molar-refractivity contribution in [3.8, 4) is 0 Å². The van der Waals surface area contributed by atoms with Gasteiger partial charge in [-0.05, 0) is 40.5 Å². The predicted octanol–water partition coefficient (Wildman–Crippen LogP) is 3.12. The molecule has 1 heterocycles. The van der Waals surface area contributed by atoms with Gasteiger partial charge in [-0.25, -0.2) is 4.79 Å². The molecule has 1 atom stereocenters. The highest BCUT2D eigenvalue weighted by atomic mass is 79.9. The number of hydrogen-bond donors (Lipinski definition) is 1. The normalized spacial score (nSPS) is 21.8. The zero-order chi connectivity index (χ0) is 13.3. The maximum atomic E-state index is 12.9. The molecule has 1 N–H and O–H groups in total. The van der Waals surface area contributed by atoms with E-state index in [-0.39, 0.29) is 6.54 Å². The van der Waals surface area contributed by atoms with Crippen LogP contribution in [0.25, 0.3) is 0 Å². The van der Waals surface area contributed by atoms with Gasteiger partial charge in [0.1, 0.15) is 6.10 Å². The van der Waals surface area contributed by atoms with Crippen molar-refractivity contribution in [1.82, 2.24) is 0 Å². The lowest BCUT2D eigenvalue weighted by molar-refractivity contribution is -0.158. The molecule has 1 aliphatic heterocycles. The van der Waals surface area contributed by atoms with Crippen LogP contribution in [0.2, 0.25) is 0 Å². The lowest BCUT2D eigenvalue weighted by atomic mass is 10.2. The molecule has 0 spiro atoms. The molecule has 2 rings (SSSR count). The Kier molecular flexibility index (Phi) is 3.56. The van der Waals surface area contributed by atoms with E-state index in [9.17, 15) is 13.6 Å². The van der Waals surface area contributed by atoms with Gasteiger partial charge in [0.2, 0.25) is 0 Å². The Morgan fingerprint density at radius 3 is 2.89 bits per heavy atom. The van der Waals surface area contributed by atoms with Crippen molar-refractivity contribution in [2.75, 3.05) is 11.9 Å². The number of aryl methyl sites for hydroxylation is 1. The SMILES string of the molecule is Cc1ccc(Br)c(NCC2CC(F)(F)C(=O)O2)c1. The predicted molar refractivity (Wildman–Crippen MR) is 66.8 cm³/mol. The van der Waals surface area contributed by atoms with Crippen molar-refractivity contribution < 1.29 is 18.3 Å². The second-order valence-corrected chi connectivity index (χ2v) is 5.15. The Labute approximate surface area is 112 Å². The summed E-state index contributed by atoms with van der Waals surface area (Å²) >= 11 is 3.36. The topological polar surface area (TPSA) is 38.3 Å². The van der Waals surface area contributed by atoms with Crippen LogP contribution >= 0.6 is 15.9 Å². The molecule has 0 amide bonds. The molecule has 3 nitrogen and oxygen atoms in total. The van der Waals surface area contributed by atoms with Crippen molar-refractivity contribution in [3.05, 3.63) is 28.2 Å². The van der Waals surface area contributed by atoms with E-state index in [0.29, 0.717) is 0 Å². The van der Waals surface area contributed by atoms with Gasteiger partial charge < -0.3 is 10.1 Å². The highest BCUT2D eigenvalue weighted by Crippen LogP contribution is 2.31. The molecule has 18 heavy (non-hydrogen) atoms. The van der Waals surface area contributed by atoms with Crippen LogP contribution in [0.15, 0.2) is 22.7 Å². The standard InChI is InChI=1S/C12H12BrF2NO2/c1-7-2-3-9(13)10(4-7)16-6-8-5-12(14,15)11(17)18-8/h2-4,8,16H,5-6H2,1H3. The molecule has 0 saturated carbocycles. The maximum Gasteiger partial charge on any atom is 0.377 e. The van der Waals surface area contributed by atoms with E-state index in [1.165, 1.54) is 0 Å². The third-order valence-corrected chi connectivity index (χ3v) is 3.39. The van der Waals surface area contributed by atoms with Crippen LogP contribution in [0.5, 0.6) is 0 Å². The fourth-order valence-electron chi connectivity index (χ4n) is 1.76. The summed E-state index contributed by atoms with van der Waals surface area (Å²) in [6.07, 6.45) is -1.36. The van der Waals surface area contributed by atoms with Gasteiger partial charge in [0, 0.05) is 10.2 Å². The summed E-state index contributed by atoms with van der Waals surface area (Å²) in [6.45, 7) is 2.10. The highest BCUT2D eigenvalue weighted by Gasteiger charge is 2.50. The van der Waals surface area contributed by atoms with Gasteiger partial charge in [-0.3, -0.25) is 0 Å². The largest absolute Gasteiger partial charge is 0.456 e. The van der Waals surface area contributed by atoms with Crippen molar-refractivity contribution in [2.45, 2.75) is 25.4 Å². The summed E-state index contributed by atoms with van der Waals surface area (Å²) in [5.74, 6) is -4.78. The van der Waals surface area contributed by atoms with Crippen LogP contribution in [-0.4, -0.2) is 24.5 Å². The van der Waals surface area contributed by atoms with Gasteiger partial charge >= 0.3 is 11.9 Å². The van der Waals surface area contributed by atoms with Crippen LogP contribution in [0.3, 0.4) is 0 Å². The highest BCUT2D eigenvalue weighted by molar-refractivity contribution is 9.10.